The SMILES string of the molecule is C=CCOc1c(I)cc(C=NNC(=O)CCC(=O)Nc2cccc(C)c2C)cc1OC. The lowest BCUT2D eigenvalue weighted by Crippen LogP contribution is -2.21. The number of nitrogens with zero attached hydrogens (tertiary/aromatic N) is 1. The highest BCUT2D eigenvalue weighted by molar-refractivity contribution is 14.1. The van der Waals surface area contributed by atoms with Crippen molar-refractivity contribution in [1.82, 2.24) is 5.43 Å². The average molecular weight is 535 g/mol. The summed E-state index contributed by atoms with van der Waals surface area (Å²) in [6.07, 6.45) is 3.26. The van der Waals surface area contributed by atoms with E-state index in [1.54, 1.807) is 19.3 Å². The molecule has 0 saturated carbocycles. The van der Waals surface area contributed by atoms with Gasteiger partial charge in [-0.15, -0.1) is 0 Å². The number of hydrogen-bond acceptors (Lipinski definition) is 5. The molecule has 0 aliphatic heterocycles. The second-order valence-electron chi connectivity index (χ2n) is 6.72. The fourth-order valence-electron chi connectivity index (χ4n) is 2.66. The zero-order valence-corrected chi connectivity index (χ0v) is 20.0. The minimum Gasteiger partial charge on any atom is -0.493 e. The van der Waals surface area contributed by atoms with Crippen molar-refractivity contribution >= 4 is 46.3 Å². The minimum atomic E-state index is -0.347. The quantitative estimate of drug-likeness (QED) is 0.205. The summed E-state index contributed by atoms with van der Waals surface area (Å²) in [4.78, 5) is 24.1. The van der Waals surface area contributed by atoms with E-state index in [4.69, 9.17) is 9.47 Å². The Labute approximate surface area is 196 Å². The highest BCUT2D eigenvalue weighted by Crippen LogP contribution is 2.33. The third-order valence-corrected chi connectivity index (χ3v) is 5.26. The molecule has 2 aromatic rings. The van der Waals surface area contributed by atoms with E-state index in [9.17, 15) is 9.59 Å². The lowest BCUT2D eigenvalue weighted by molar-refractivity contribution is -0.124. The van der Waals surface area contributed by atoms with E-state index in [-0.39, 0.29) is 24.7 Å². The van der Waals surface area contributed by atoms with Crippen molar-refractivity contribution in [1.29, 1.82) is 0 Å². The second-order valence-corrected chi connectivity index (χ2v) is 7.88. The molecular formula is C23H26IN3O4. The normalized spacial score (nSPS) is 10.6. The van der Waals surface area contributed by atoms with Crippen LogP contribution in [0.5, 0.6) is 11.5 Å². The number of amides is 2. The Bertz CT molecular complexity index is 989. The first kappa shape index (κ1) is 24.4. The molecule has 0 heterocycles. The van der Waals surface area contributed by atoms with Crippen LogP contribution in [0.1, 0.15) is 29.5 Å². The molecule has 0 radical (unpaired) electrons. The molecule has 7 nitrogen and oxygen atoms in total. The zero-order chi connectivity index (χ0) is 22.8. The number of halogens is 1. The number of carbonyl (C=O) groups excluding carboxylic acids is 2. The molecule has 2 aromatic carbocycles. The molecule has 0 fully saturated rings. The summed E-state index contributed by atoms with van der Waals surface area (Å²) in [6.45, 7) is 7.93. The maximum Gasteiger partial charge on any atom is 0.240 e. The molecule has 8 heteroatoms. The van der Waals surface area contributed by atoms with Crippen molar-refractivity contribution in [2.45, 2.75) is 26.7 Å². The molecule has 0 bridgehead atoms. The van der Waals surface area contributed by atoms with Gasteiger partial charge in [0.15, 0.2) is 11.5 Å². The molecular weight excluding hydrogens is 509 g/mol. The van der Waals surface area contributed by atoms with Crippen LogP contribution in [0.4, 0.5) is 5.69 Å². The Hall–Kier alpha value is -2.88. The van der Waals surface area contributed by atoms with Crippen LogP contribution in [-0.4, -0.2) is 31.7 Å². The van der Waals surface area contributed by atoms with E-state index < -0.39 is 0 Å². The number of methoxy groups -OCH3 is 1. The largest absolute Gasteiger partial charge is 0.493 e. The van der Waals surface area contributed by atoms with E-state index in [0.29, 0.717) is 18.1 Å². The molecule has 0 aliphatic carbocycles. The standard InChI is InChI=1S/C23H26IN3O4/c1-5-11-31-23-18(24)12-17(13-20(23)30-4)14-25-27-22(29)10-9-21(28)26-19-8-6-7-15(2)16(19)3/h5-8,12-14H,1,9-11H2,2-4H3,(H,26,28)(H,27,29). The van der Waals surface area contributed by atoms with Crippen LogP contribution in [-0.2, 0) is 9.59 Å². The predicted molar refractivity (Wildman–Crippen MR) is 131 cm³/mol. The van der Waals surface area contributed by atoms with E-state index in [2.05, 4.69) is 45.0 Å². The predicted octanol–water partition coefficient (Wildman–Crippen LogP) is 4.35. The highest BCUT2D eigenvalue weighted by atomic mass is 127. The van der Waals surface area contributed by atoms with Gasteiger partial charge in [-0.1, -0.05) is 24.8 Å². The van der Waals surface area contributed by atoms with E-state index in [0.717, 1.165) is 25.9 Å². The number of nitrogens with one attached hydrogen (secondary N) is 2. The number of hydrazone groups is 1. The third kappa shape index (κ3) is 7.39. The van der Waals surface area contributed by atoms with Crippen molar-refractivity contribution in [2.75, 3.05) is 19.0 Å². The molecule has 0 saturated heterocycles. The summed E-state index contributed by atoms with van der Waals surface area (Å²) in [6, 6.07) is 9.32. The highest BCUT2D eigenvalue weighted by Gasteiger charge is 2.11. The van der Waals surface area contributed by atoms with Crippen LogP contribution in [0, 0.1) is 17.4 Å². The van der Waals surface area contributed by atoms with Crippen LogP contribution in [0.15, 0.2) is 48.1 Å². The van der Waals surface area contributed by atoms with Crippen LogP contribution >= 0.6 is 22.6 Å². The first-order valence-corrected chi connectivity index (χ1v) is 10.7. The molecule has 0 aromatic heterocycles. The summed E-state index contributed by atoms with van der Waals surface area (Å²) in [7, 11) is 1.55. The van der Waals surface area contributed by atoms with Crippen molar-refractivity contribution in [3.05, 3.63) is 63.2 Å². The van der Waals surface area contributed by atoms with Gasteiger partial charge in [0.1, 0.15) is 6.61 Å². The molecule has 164 valence electrons. The molecule has 0 atom stereocenters. The number of anilines is 1. The van der Waals surface area contributed by atoms with E-state index in [1.807, 2.05) is 38.1 Å². The fraction of sp³-hybridized carbons (Fsp3) is 0.261. The molecule has 0 aliphatic rings. The second kappa shape index (κ2) is 12.1. The summed E-state index contributed by atoms with van der Waals surface area (Å²) < 4.78 is 11.8. The third-order valence-electron chi connectivity index (χ3n) is 4.46. The molecule has 0 spiro atoms. The van der Waals surface area contributed by atoms with Crippen LogP contribution < -0.4 is 20.2 Å². The number of rotatable bonds is 10. The Morgan fingerprint density at radius 3 is 2.65 bits per heavy atom. The van der Waals surface area contributed by atoms with Crippen LogP contribution in [0.3, 0.4) is 0 Å². The van der Waals surface area contributed by atoms with Gasteiger partial charge in [0.05, 0.1) is 16.9 Å². The average Bonchev–Trinajstić information content (AvgIpc) is 2.74. The van der Waals surface area contributed by atoms with Crippen molar-refractivity contribution < 1.29 is 19.1 Å². The minimum absolute atomic E-state index is 0.0310. The number of aryl methyl sites for hydroxylation is 1. The molecule has 31 heavy (non-hydrogen) atoms. The van der Waals surface area contributed by atoms with Gasteiger partial charge in [-0.25, -0.2) is 5.43 Å². The topological polar surface area (TPSA) is 89.0 Å². The number of carbonyl (C=O) groups is 2. The molecule has 2 N–H and O–H groups in total. The summed E-state index contributed by atoms with van der Waals surface area (Å²) in [5, 5.41) is 6.80. The van der Waals surface area contributed by atoms with Gasteiger partial charge in [0.25, 0.3) is 0 Å². The monoisotopic (exact) mass is 535 g/mol. The Morgan fingerprint density at radius 2 is 1.94 bits per heavy atom. The van der Waals surface area contributed by atoms with Gasteiger partial charge in [-0.3, -0.25) is 9.59 Å². The number of benzene rings is 2. The van der Waals surface area contributed by atoms with Gasteiger partial charge >= 0.3 is 0 Å². The van der Waals surface area contributed by atoms with Gasteiger partial charge in [-0.2, -0.15) is 5.10 Å². The lowest BCUT2D eigenvalue weighted by atomic mass is 10.1. The van der Waals surface area contributed by atoms with Crippen molar-refractivity contribution in [3.8, 4) is 11.5 Å². The number of ether oxygens (including phenoxy) is 2. The summed E-state index contributed by atoms with van der Waals surface area (Å²) >= 11 is 2.14. The zero-order valence-electron chi connectivity index (χ0n) is 17.8. The Kier molecular flexibility index (Phi) is 9.51. The maximum absolute atomic E-state index is 12.1. The summed E-state index contributed by atoms with van der Waals surface area (Å²) in [5.41, 5.74) is 6.04. The van der Waals surface area contributed by atoms with Crippen LogP contribution in [0.25, 0.3) is 0 Å². The van der Waals surface area contributed by atoms with Crippen molar-refractivity contribution in [3.63, 3.8) is 0 Å². The number of hydrogen-bond donors (Lipinski definition) is 2. The van der Waals surface area contributed by atoms with Crippen molar-refractivity contribution in [2.24, 2.45) is 5.10 Å². The van der Waals surface area contributed by atoms with E-state index >= 15 is 0 Å². The molecule has 0 unspecified atom stereocenters. The van der Waals surface area contributed by atoms with Gasteiger partial charge in [-0.05, 0) is 71.3 Å². The first-order valence-electron chi connectivity index (χ1n) is 9.65. The van der Waals surface area contributed by atoms with Gasteiger partial charge < -0.3 is 14.8 Å². The summed E-state index contributed by atoms with van der Waals surface area (Å²) in [5.74, 6) is 0.617. The molecule has 2 rings (SSSR count). The maximum atomic E-state index is 12.1. The van der Waals surface area contributed by atoms with Gasteiger partial charge in [0.2, 0.25) is 11.8 Å². The van der Waals surface area contributed by atoms with Crippen LogP contribution in [0.2, 0.25) is 0 Å². The lowest BCUT2D eigenvalue weighted by Gasteiger charge is -2.12. The van der Waals surface area contributed by atoms with E-state index in [1.165, 1.54) is 6.21 Å². The molecule has 2 amide bonds. The fourth-order valence-corrected chi connectivity index (χ4v) is 3.44. The Balaban J connectivity index is 1.88. The van der Waals surface area contributed by atoms with Gasteiger partial charge in [0, 0.05) is 18.5 Å². The smallest absolute Gasteiger partial charge is 0.240 e. The first-order chi connectivity index (χ1) is 14.8. The Morgan fingerprint density at radius 1 is 1.19 bits per heavy atom.